The van der Waals surface area contributed by atoms with Gasteiger partial charge < -0.3 is 5.11 Å². The molecule has 27 heavy (non-hydrogen) atoms. The van der Waals surface area contributed by atoms with Crippen LogP contribution in [-0.2, 0) is 0 Å². The van der Waals surface area contributed by atoms with Crippen LogP contribution in [-0.4, -0.2) is 16.3 Å². The van der Waals surface area contributed by atoms with E-state index in [1.54, 1.807) is 12.1 Å². The van der Waals surface area contributed by atoms with Crippen molar-refractivity contribution in [2.24, 2.45) is 4.99 Å². The molecule has 0 atom stereocenters. The molecule has 138 valence electrons. The van der Waals surface area contributed by atoms with E-state index in [0.717, 1.165) is 22.6 Å². The summed E-state index contributed by atoms with van der Waals surface area (Å²) in [5.74, 6) is 1.03. The first kappa shape index (κ1) is 18.8. The summed E-state index contributed by atoms with van der Waals surface area (Å²) in [6.07, 6.45) is 1.82. The largest absolute Gasteiger partial charge is 0.507 e. The second kappa shape index (κ2) is 8.17. The van der Waals surface area contributed by atoms with Crippen molar-refractivity contribution in [2.45, 2.75) is 39.5 Å². The fourth-order valence-electron chi connectivity index (χ4n) is 3.16. The first-order chi connectivity index (χ1) is 13.0. The molecule has 0 spiro atoms. The molecule has 0 saturated carbocycles. The maximum atomic E-state index is 10.1. The van der Waals surface area contributed by atoms with Gasteiger partial charge in [0.2, 0.25) is 0 Å². The van der Waals surface area contributed by atoms with E-state index in [-0.39, 0.29) is 5.75 Å². The number of hydrogen-bond acceptors (Lipinski definition) is 3. The Balaban J connectivity index is 2.01. The van der Waals surface area contributed by atoms with Crippen LogP contribution in [0.3, 0.4) is 0 Å². The third-order valence-electron chi connectivity index (χ3n) is 4.62. The number of hydrogen-bond donors (Lipinski definition) is 1. The van der Waals surface area contributed by atoms with Crippen molar-refractivity contribution >= 4 is 11.9 Å². The predicted octanol–water partition coefficient (Wildman–Crippen LogP) is 6.45. The Kier molecular flexibility index (Phi) is 5.70. The predicted molar refractivity (Wildman–Crippen MR) is 113 cm³/mol. The summed E-state index contributed by atoms with van der Waals surface area (Å²) >= 11 is 0. The van der Waals surface area contributed by atoms with Crippen LogP contribution < -0.4 is 0 Å². The van der Waals surface area contributed by atoms with E-state index in [2.05, 4.69) is 50.9 Å². The zero-order chi connectivity index (χ0) is 19.4. The molecule has 0 radical (unpaired) electrons. The Hall–Kier alpha value is -2.94. The van der Waals surface area contributed by atoms with E-state index in [4.69, 9.17) is 4.99 Å². The van der Waals surface area contributed by atoms with Gasteiger partial charge in [-0.25, -0.2) is 4.98 Å². The number of rotatable bonds is 5. The van der Waals surface area contributed by atoms with Gasteiger partial charge in [-0.05, 0) is 47.2 Å². The molecule has 1 N–H and O–H groups in total. The molecule has 0 unspecified atom stereocenters. The second-order valence-corrected chi connectivity index (χ2v) is 7.32. The summed E-state index contributed by atoms with van der Waals surface area (Å²) in [5.41, 5.74) is 5.75. The van der Waals surface area contributed by atoms with Crippen LogP contribution >= 0.6 is 0 Å². The van der Waals surface area contributed by atoms with Gasteiger partial charge >= 0.3 is 0 Å². The summed E-state index contributed by atoms with van der Waals surface area (Å²) in [5, 5.41) is 10.1. The fourth-order valence-corrected chi connectivity index (χ4v) is 3.16. The number of phenolic OH excluding ortho intramolecular Hbond substituents is 1. The average molecular weight is 358 g/mol. The smallest absolute Gasteiger partial charge is 0.124 e. The molecule has 0 amide bonds. The molecule has 2 aromatic carbocycles. The van der Waals surface area contributed by atoms with Gasteiger partial charge in [-0.1, -0.05) is 64.1 Å². The topological polar surface area (TPSA) is 45.5 Å². The van der Waals surface area contributed by atoms with Gasteiger partial charge in [0.15, 0.2) is 0 Å². The standard InChI is InChI=1S/C24H26N2O/c1-16(2)19-11-8-12-20(17(3)4)24(19)25-15-18-9-7-13-22(26-18)21-10-5-6-14-23(21)27/h5-17,27H,1-4H3. The quantitative estimate of drug-likeness (QED) is 0.533. The lowest BCUT2D eigenvalue weighted by molar-refractivity contribution is 0.477. The van der Waals surface area contributed by atoms with Crippen molar-refractivity contribution < 1.29 is 5.11 Å². The van der Waals surface area contributed by atoms with Crippen LogP contribution in [0.15, 0.2) is 65.7 Å². The number of nitrogens with zero attached hydrogens (tertiary/aromatic N) is 2. The maximum Gasteiger partial charge on any atom is 0.124 e. The van der Waals surface area contributed by atoms with E-state index in [1.807, 2.05) is 36.5 Å². The molecule has 3 heteroatoms. The van der Waals surface area contributed by atoms with Crippen LogP contribution in [0.25, 0.3) is 11.3 Å². The van der Waals surface area contributed by atoms with Gasteiger partial charge in [-0.3, -0.25) is 4.99 Å². The van der Waals surface area contributed by atoms with E-state index in [9.17, 15) is 5.11 Å². The van der Waals surface area contributed by atoms with Crippen LogP contribution in [0.4, 0.5) is 5.69 Å². The van der Waals surface area contributed by atoms with Crippen LogP contribution in [0.2, 0.25) is 0 Å². The first-order valence-electron chi connectivity index (χ1n) is 9.39. The SMILES string of the molecule is CC(C)c1cccc(C(C)C)c1N=Cc1cccc(-c2ccccc2O)n1. The van der Waals surface area contributed by atoms with E-state index < -0.39 is 0 Å². The van der Waals surface area contributed by atoms with Crippen LogP contribution in [0, 0.1) is 0 Å². The Morgan fingerprint density at radius 3 is 2.07 bits per heavy atom. The second-order valence-electron chi connectivity index (χ2n) is 7.32. The van der Waals surface area contributed by atoms with Crippen molar-refractivity contribution in [3.05, 3.63) is 77.5 Å². The van der Waals surface area contributed by atoms with E-state index in [1.165, 1.54) is 11.1 Å². The molecular weight excluding hydrogens is 332 g/mol. The maximum absolute atomic E-state index is 10.1. The lowest BCUT2D eigenvalue weighted by atomic mass is 9.93. The number of aliphatic imine (C=N–C) groups is 1. The number of para-hydroxylation sites is 2. The normalized spacial score (nSPS) is 11.6. The molecule has 3 nitrogen and oxygen atoms in total. The molecule has 0 aliphatic rings. The monoisotopic (exact) mass is 358 g/mol. The van der Waals surface area contributed by atoms with Crippen LogP contribution in [0.1, 0.15) is 56.4 Å². The fraction of sp³-hybridized carbons (Fsp3) is 0.250. The highest BCUT2D eigenvalue weighted by atomic mass is 16.3. The molecule has 3 aromatic rings. The van der Waals surface area contributed by atoms with Crippen molar-refractivity contribution in [1.82, 2.24) is 4.98 Å². The third kappa shape index (κ3) is 4.25. The number of pyridine rings is 1. The van der Waals surface area contributed by atoms with E-state index in [0.29, 0.717) is 11.8 Å². The minimum absolute atomic E-state index is 0.228. The molecule has 0 saturated heterocycles. The zero-order valence-electron chi connectivity index (χ0n) is 16.3. The van der Waals surface area contributed by atoms with Gasteiger partial charge in [-0.2, -0.15) is 0 Å². The zero-order valence-corrected chi connectivity index (χ0v) is 16.3. The Labute approximate surface area is 161 Å². The van der Waals surface area contributed by atoms with Gasteiger partial charge in [0.25, 0.3) is 0 Å². The molecule has 1 aromatic heterocycles. The highest BCUT2D eigenvalue weighted by Gasteiger charge is 2.13. The summed E-state index contributed by atoms with van der Waals surface area (Å²) in [6, 6.07) is 19.4. The summed E-state index contributed by atoms with van der Waals surface area (Å²) < 4.78 is 0. The first-order valence-corrected chi connectivity index (χ1v) is 9.39. The van der Waals surface area contributed by atoms with Gasteiger partial charge in [0.05, 0.1) is 23.3 Å². The lowest BCUT2D eigenvalue weighted by Crippen LogP contribution is -1.96. The molecule has 0 fully saturated rings. The summed E-state index contributed by atoms with van der Waals surface area (Å²) in [7, 11) is 0. The van der Waals surface area contributed by atoms with Crippen molar-refractivity contribution in [2.75, 3.05) is 0 Å². The molecule has 0 bridgehead atoms. The molecular formula is C24H26N2O. The van der Waals surface area contributed by atoms with Gasteiger partial charge in [-0.15, -0.1) is 0 Å². The summed E-state index contributed by atoms with van der Waals surface area (Å²) in [6.45, 7) is 8.76. The minimum Gasteiger partial charge on any atom is -0.507 e. The molecule has 0 aliphatic carbocycles. The van der Waals surface area contributed by atoms with Gasteiger partial charge in [0, 0.05) is 5.56 Å². The highest BCUT2D eigenvalue weighted by Crippen LogP contribution is 2.34. The average Bonchev–Trinajstić information content (AvgIpc) is 2.66. The van der Waals surface area contributed by atoms with Crippen molar-refractivity contribution in [3.63, 3.8) is 0 Å². The molecule has 0 aliphatic heterocycles. The summed E-state index contributed by atoms with van der Waals surface area (Å²) in [4.78, 5) is 9.48. The van der Waals surface area contributed by atoms with E-state index >= 15 is 0 Å². The Bertz CT molecular complexity index is 932. The Morgan fingerprint density at radius 2 is 1.44 bits per heavy atom. The lowest BCUT2D eigenvalue weighted by Gasteiger charge is -2.16. The Morgan fingerprint density at radius 1 is 0.815 bits per heavy atom. The number of benzene rings is 2. The molecule has 3 rings (SSSR count). The van der Waals surface area contributed by atoms with Crippen molar-refractivity contribution in [1.29, 1.82) is 0 Å². The third-order valence-corrected chi connectivity index (χ3v) is 4.62. The number of aromatic nitrogens is 1. The minimum atomic E-state index is 0.228. The van der Waals surface area contributed by atoms with Crippen LogP contribution in [0.5, 0.6) is 5.75 Å². The van der Waals surface area contributed by atoms with Crippen molar-refractivity contribution in [3.8, 4) is 17.0 Å². The number of phenols is 1. The molecule has 1 heterocycles. The van der Waals surface area contributed by atoms with Gasteiger partial charge in [0.1, 0.15) is 5.75 Å². The highest BCUT2D eigenvalue weighted by molar-refractivity contribution is 5.82. The number of aromatic hydroxyl groups is 1.